The van der Waals surface area contributed by atoms with Crippen LogP contribution < -0.4 is 0 Å². The number of carbonyl (C=O) groups is 1. The molecule has 0 aliphatic rings. The van der Waals surface area contributed by atoms with Crippen molar-refractivity contribution in [3.05, 3.63) is 33.7 Å². The summed E-state index contributed by atoms with van der Waals surface area (Å²) in [5.74, 6) is 0. The normalized spacial score (nSPS) is 10.8. The van der Waals surface area contributed by atoms with Gasteiger partial charge in [0.25, 0.3) is 0 Å². The predicted octanol–water partition coefficient (Wildman–Crippen LogP) is 3.64. The number of hydrogen-bond acceptors (Lipinski definition) is 2. The molecule has 0 saturated heterocycles. The molecule has 0 fully saturated rings. The monoisotopic (exact) mass is 204 g/mol. The molecule has 0 atom stereocenters. The fourth-order valence-electron chi connectivity index (χ4n) is 1.92. The molecule has 2 rings (SSSR count). The molecule has 0 saturated carbocycles. The van der Waals surface area contributed by atoms with E-state index in [1.54, 1.807) is 11.3 Å². The maximum atomic E-state index is 10.8. The Morgan fingerprint density at radius 1 is 1.21 bits per heavy atom. The molecule has 1 aromatic heterocycles. The van der Waals surface area contributed by atoms with Crippen LogP contribution in [0.4, 0.5) is 0 Å². The van der Waals surface area contributed by atoms with Crippen LogP contribution in [-0.4, -0.2) is 6.29 Å². The van der Waals surface area contributed by atoms with E-state index >= 15 is 0 Å². The quantitative estimate of drug-likeness (QED) is 0.648. The Bertz CT molecular complexity index is 509. The summed E-state index contributed by atoms with van der Waals surface area (Å²) in [7, 11) is 0. The maximum absolute atomic E-state index is 10.8. The Balaban J connectivity index is 2.92. The molecule has 2 heteroatoms. The summed E-state index contributed by atoms with van der Waals surface area (Å²) >= 11 is 1.58. The summed E-state index contributed by atoms with van der Waals surface area (Å²) in [6, 6.07) is 4.31. The molecule has 1 heterocycles. The Morgan fingerprint density at radius 3 is 2.57 bits per heavy atom. The van der Waals surface area contributed by atoms with Crippen LogP contribution in [0.2, 0.25) is 0 Å². The highest BCUT2D eigenvalue weighted by Gasteiger charge is 2.09. The predicted molar refractivity (Wildman–Crippen MR) is 61.4 cm³/mol. The number of rotatable bonds is 1. The SMILES string of the molecule is Cc1cc(C)c2c(C)c(C=O)sc2c1. The molecule has 0 N–H and O–H groups in total. The Kier molecular flexibility index (Phi) is 2.16. The van der Waals surface area contributed by atoms with E-state index in [1.165, 1.54) is 21.2 Å². The fourth-order valence-corrected chi connectivity index (χ4v) is 3.12. The highest BCUT2D eigenvalue weighted by molar-refractivity contribution is 7.20. The lowest BCUT2D eigenvalue weighted by atomic mass is 10.0. The van der Waals surface area contributed by atoms with Crippen molar-refractivity contribution in [1.82, 2.24) is 0 Å². The minimum Gasteiger partial charge on any atom is -0.297 e. The van der Waals surface area contributed by atoms with Crippen molar-refractivity contribution in [2.75, 3.05) is 0 Å². The highest BCUT2D eigenvalue weighted by Crippen LogP contribution is 2.32. The van der Waals surface area contributed by atoms with Crippen molar-refractivity contribution < 1.29 is 4.79 Å². The highest BCUT2D eigenvalue weighted by atomic mass is 32.1. The lowest BCUT2D eigenvalue weighted by molar-refractivity contribution is 0.112. The van der Waals surface area contributed by atoms with Crippen LogP contribution in [0.15, 0.2) is 12.1 Å². The standard InChI is InChI=1S/C12H12OS/c1-7-4-8(2)12-9(3)11(6-13)14-10(12)5-7/h4-6H,1-3H3. The molecule has 14 heavy (non-hydrogen) atoms. The Morgan fingerprint density at radius 2 is 1.93 bits per heavy atom. The van der Waals surface area contributed by atoms with E-state index in [2.05, 4.69) is 26.0 Å². The van der Waals surface area contributed by atoms with Gasteiger partial charge in [0.1, 0.15) is 0 Å². The van der Waals surface area contributed by atoms with E-state index in [0.717, 1.165) is 16.7 Å². The fraction of sp³-hybridized carbons (Fsp3) is 0.250. The first kappa shape index (κ1) is 9.41. The van der Waals surface area contributed by atoms with Crippen molar-refractivity contribution >= 4 is 27.7 Å². The minimum atomic E-state index is 0.855. The molecule has 0 unspecified atom stereocenters. The molecular weight excluding hydrogens is 192 g/mol. The van der Waals surface area contributed by atoms with Gasteiger partial charge in [-0.3, -0.25) is 4.79 Å². The van der Waals surface area contributed by atoms with E-state index in [-0.39, 0.29) is 0 Å². The van der Waals surface area contributed by atoms with Crippen molar-refractivity contribution in [1.29, 1.82) is 0 Å². The topological polar surface area (TPSA) is 17.1 Å². The van der Waals surface area contributed by atoms with E-state index < -0.39 is 0 Å². The van der Waals surface area contributed by atoms with Gasteiger partial charge in [-0.2, -0.15) is 0 Å². The second-order valence-corrected chi connectivity index (χ2v) is 4.75. The van der Waals surface area contributed by atoms with Gasteiger partial charge >= 0.3 is 0 Å². The summed E-state index contributed by atoms with van der Waals surface area (Å²) in [6.45, 7) is 6.20. The van der Waals surface area contributed by atoms with Gasteiger partial charge in [-0.15, -0.1) is 11.3 Å². The van der Waals surface area contributed by atoms with Crippen molar-refractivity contribution in [3.63, 3.8) is 0 Å². The number of thiophene rings is 1. The molecule has 0 amide bonds. The number of aldehydes is 1. The van der Waals surface area contributed by atoms with Gasteiger partial charge in [0, 0.05) is 4.70 Å². The van der Waals surface area contributed by atoms with E-state index in [0.29, 0.717) is 0 Å². The molecular formula is C12H12OS. The number of carbonyl (C=O) groups excluding carboxylic acids is 1. The van der Waals surface area contributed by atoms with Gasteiger partial charge in [-0.05, 0) is 48.9 Å². The molecule has 2 aromatic rings. The molecule has 0 bridgehead atoms. The zero-order valence-corrected chi connectivity index (χ0v) is 9.37. The third-order valence-corrected chi connectivity index (χ3v) is 3.68. The van der Waals surface area contributed by atoms with Crippen LogP contribution in [0.3, 0.4) is 0 Å². The summed E-state index contributed by atoms with van der Waals surface area (Å²) in [4.78, 5) is 11.7. The van der Waals surface area contributed by atoms with Crippen LogP contribution in [-0.2, 0) is 0 Å². The van der Waals surface area contributed by atoms with Crippen LogP contribution in [0, 0.1) is 20.8 Å². The molecule has 1 nitrogen and oxygen atoms in total. The van der Waals surface area contributed by atoms with E-state index in [1.807, 2.05) is 6.92 Å². The largest absolute Gasteiger partial charge is 0.297 e. The number of benzene rings is 1. The van der Waals surface area contributed by atoms with Gasteiger partial charge in [0.05, 0.1) is 4.88 Å². The molecule has 0 spiro atoms. The number of hydrogen-bond donors (Lipinski definition) is 0. The summed E-state index contributed by atoms with van der Waals surface area (Å²) in [5.41, 5.74) is 3.65. The zero-order valence-electron chi connectivity index (χ0n) is 8.55. The Hall–Kier alpha value is -1.15. The first-order valence-electron chi connectivity index (χ1n) is 4.59. The average Bonchev–Trinajstić information content (AvgIpc) is 2.42. The van der Waals surface area contributed by atoms with Crippen LogP contribution >= 0.6 is 11.3 Å². The lowest BCUT2D eigenvalue weighted by Gasteiger charge is -1.99. The van der Waals surface area contributed by atoms with Crippen LogP contribution in [0.1, 0.15) is 26.4 Å². The van der Waals surface area contributed by atoms with E-state index in [9.17, 15) is 4.79 Å². The summed E-state index contributed by atoms with van der Waals surface area (Å²) in [6.07, 6.45) is 0.953. The molecule has 0 radical (unpaired) electrons. The molecule has 1 aromatic carbocycles. The zero-order chi connectivity index (χ0) is 10.3. The van der Waals surface area contributed by atoms with Gasteiger partial charge in [-0.1, -0.05) is 6.07 Å². The molecule has 0 aliphatic heterocycles. The second kappa shape index (κ2) is 3.21. The minimum absolute atomic E-state index is 0.855. The van der Waals surface area contributed by atoms with E-state index in [4.69, 9.17) is 0 Å². The first-order valence-corrected chi connectivity index (χ1v) is 5.40. The van der Waals surface area contributed by atoms with Crippen molar-refractivity contribution in [3.8, 4) is 0 Å². The van der Waals surface area contributed by atoms with Gasteiger partial charge < -0.3 is 0 Å². The average molecular weight is 204 g/mol. The molecule has 0 aliphatic carbocycles. The second-order valence-electron chi connectivity index (χ2n) is 3.66. The maximum Gasteiger partial charge on any atom is 0.160 e. The Labute approximate surface area is 87.4 Å². The van der Waals surface area contributed by atoms with Gasteiger partial charge in [-0.25, -0.2) is 0 Å². The third-order valence-electron chi connectivity index (χ3n) is 2.52. The smallest absolute Gasteiger partial charge is 0.160 e. The van der Waals surface area contributed by atoms with Gasteiger partial charge in [0.2, 0.25) is 0 Å². The van der Waals surface area contributed by atoms with Crippen LogP contribution in [0.25, 0.3) is 10.1 Å². The third kappa shape index (κ3) is 1.26. The summed E-state index contributed by atoms with van der Waals surface area (Å²) in [5, 5.41) is 1.25. The number of fused-ring (bicyclic) bond motifs is 1. The first-order chi connectivity index (χ1) is 6.63. The lowest BCUT2D eigenvalue weighted by Crippen LogP contribution is -1.81. The van der Waals surface area contributed by atoms with Crippen molar-refractivity contribution in [2.45, 2.75) is 20.8 Å². The summed E-state index contributed by atoms with van der Waals surface area (Å²) < 4.78 is 1.22. The van der Waals surface area contributed by atoms with Crippen LogP contribution in [0.5, 0.6) is 0 Å². The molecule has 72 valence electrons. The van der Waals surface area contributed by atoms with Crippen molar-refractivity contribution in [2.24, 2.45) is 0 Å². The number of aryl methyl sites for hydroxylation is 3. The van der Waals surface area contributed by atoms with Gasteiger partial charge in [0.15, 0.2) is 6.29 Å².